The van der Waals surface area contributed by atoms with E-state index in [1.165, 1.54) is 6.92 Å². The number of carbonyl (C=O) groups excluding carboxylic acids is 1. The van der Waals surface area contributed by atoms with Crippen molar-refractivity contribution in [2.75, 3.05) is 0 Å². The zero-order valence-electron chi connectivity index (χ0n) is 7.37. The number of benzene rings is 1. The van der Waals surface area contributed by atoms with Crippen molar-refractivity contribution in [3.05, 3.63) is 35.9 Å². The standard InChI is InChI=1S/C10H13NO/c1-8(12)10(2,11)9-6-4-3-5-7-9/h3-7H,11H2,1-2H3/t10-/m0/s1. The Labute approximate surface area is 72.4 Å². The Bertz CT molecular complexity index is 277. The molecule has 1 aromatic carbocycles. The first-order valence-electron chi connectivity index (χ1n) is 3.90. The lowest BCUT2D eigenvalue weighted by Gasteiger charge is -2.21. The van der Waals surface area contributed by atoms with E-state index in [0.717, 1.165) is 5.56 Å². The highest BCUT2D eigenvalue weighted by atomic mass is 16.1. The molecule has 0 unspecified atom stereocenters. The van der Waals surface area contributed by atoms with Crippen LogP contribution < -0.4 is 5.73 Å². The van der Waals surface area contributed by atoms with Gasteiger partial charge in [0, 0.05) is 0 Å². The van der Waals surface area contributed by atoms with E-state index >= 15 is 0 Å². The molecule has 0 fully saturated rings. The molecule has 2 nitrogen and oxygen atoms in total. The fourth-order valence-corrected chi connectivity index (χ4v) is 0.988. The summed E-state index contributed by atoms with van der Waals surface area (Å²) in [7, 11) is 0. The molecule has 0 saturated heterocycles. The fourth-order valence-electron chi connectivity index (χ4n) is 0.988. The Morgan fingerprint density at radius 3 is 2.25 bits per heavy atom. The molecule has 0 saturated carbocycles. The second kappa shape index (κ2) is 3.07. The van der Waals surface area contributed by atoms with Gasteiger partial charge in [0.25, 0.3) is 0 Å². The molecular weight excluding hydrogens is 150 g/mol. The van der Waals surface area contributed by atoms with Gasteiger partial charge in [0.2, 0.25) is 0 Å². The molecule has 1 aromatic rings. The van der Waals surface area contributed by atoms with E-state index in [2.05, 4.69) is 0 Å². The number of carbonyl (C=O) groups is 1. The zero-order valence-corrected chi connectivity index (χ0v) is 7.37. The van der Waals surface area contributed by atoms with Crippen LogP contribution in [0.25, 0.3) is 0 Å². The van der Waals surface area contributed by atoms with Crippen LogP contribution in [0.15, 0.2) is 30.3 Å². The van der Waals surface area contributed by atoms with Gasteiger partial charge in [0.05, 0.1) is 5.54 Å². The number of Topliss-reactive ketones (excluding diaryl/α,β-unsaturated/α-hetero) is 1. The van der Waals surface area contributed by atoms with Gasteiger partial charge in [0.1, 0.15) is 0 Å². The topological polar surface area (TPSA) is 43.1 Å². The summed E-state index contributed by atoms with van der Waals surface area (Å²) in [4.78, 5) is 11.1. The summed E-state index contributed by atoms with van der Waals surface area (Å²) in [6.07, 6.45) is 0. The Morgan fingerprint density at radius 2 is 1.83 bits per heavy atom. The van der Waals surface area contributed by atoms with Gasteiger partial charge in [-0.15, -0.1) is 0 Å². The van der Waals surface area contributed by atoms with Crippen LogP contribution >= 0.6 is 0 Å². The van der Waals surface area contributed by atoms with Crippen molar-refractivity contribution >= 4 is 5.78 Å². The van der Waals surface area contributed by atoms with Gasteiger partial charge in [-0.1, -0.05) is 30.3 Å². The average molecular weight is 163 g/mol. The predicted molar refractivity (Wildman–Crippen MR) is 48.7 cm³/mol. The molecule has 0 spiro atoms. The molecule has 0 heterocycles. The molecule has 64 valence electrons. The second-order valence-corrected chi connectivity index (χ2v) is 3.12. The number of rotatable bonds is 2. The SMILES string of the molecule is CC(=O)[C@](C)(N)c1ccccc1. The van der Waals surface area contributed by atoms with E-state index in [1.54, 1.807) is 6.92 Å². The molecule has 0 radical (unpaired) electrons. The largest absolute Gasteiger partial charge is 0.316 e. The van der Waals surface area contributed by atoms with Crippen molar-refractivity contribution in [2.24, 2.45) is 5.73 Å². The van der Waals surface area contributed by atoms with Crippen molar-refractivity contribution < 1.29 is 4.79 Å². The molecular formula is C10H13NO. The number of hydrogen-bond acceptors (Lipinski definition) is 2. The molecule has 0 aliphatic carbocycles. The minimum Gasteiger partial charge on any atom is -0.316 e. The van der Waals surface area contributed by atoms with Crippen molar-refractivity contribution in [1.82, 2.24) is 0 Å². The first-order valence-corrected chi connectivity index (χ1v) is 3.90. The fraction of sp³-hybridized carbons (Fsp3) is 0.300. The minimum absolute atomic E-state index is 0.0197. The van der Waals surface area contributed by atoms with E-state index in [4.69, 9.17) is 5.73 Å². The summed E-state index contributed by atoms with van der Waals surface area (Å²) in [5, 5.41) is 0. The second-order valence-electron chi connectivity index (χ2n) is 3.12. The first-order chi connectivity index (χ1) is 5.55. The molecule has 0 bridgehead atoms. The maximum absolute atomic E-state index is 11.1. The van der Waals surface area contributed by atoms with E-state index in [-0.39, 0.29) is 5.78 Å². The smallest absolute Gasteiger partial charge is 0.153 e. The van der Waals surface area contributed by atoms with Crippen molar-refractivity contribution in [2.45, 2.75) is 19.4 Å². The molecule has 0 aromatic heterocycles. The van der Waals surface area contributed by atoms with Gasteiger partial charge in [-0.2, -0.15) is 0 Å². The molecule has 0 aliphatic rings. The normalized spacial score (nSPS) is 15.2. The van der Waals surface area contributed by atoms with Gasteiger partial charge in [-0.05, 0) is 19.4 Å². The molecule has 1 atom stereocenters. The predicted octanol–water partition coefficient (Wildman–Crippen LogP) is 1.45. The van der Waals surface area contributed by atoms with Crippen molar-refractivity contribution in [3.63, 3.8) is 0 Å². The maximum Gasteiger partial charge on any atom is 0.153 e. The van der Waals surface area contributed by atoms with Crippen LogP contribution in [0.2, 0.25) is 0 Å². The van der Waals surface area contributed by atoms with Crippen LogP contribution in [0.5, 0.6) is 0 Å². The van der Waals surface area contributed by atoms with E-state index in [1.807, 2.05) is 30.3 Å². The van der Waals surface area contributed by atoms with Gasteiger partial charge < -0.3 is 5.73 Å². The third kappa shape index (κ3) is 1.53. The van der Waals surface area contributed by atoms with Gasteiger partial charge in [0.15, 0.2) is 5.78 Å². The Morgan fingerprint density at radius 1 is 1.33 bits per heavy atom. The van der Waals surface area contributed by atoms with Crippen LogP contribution in [0.3, 0.4) is 0 Å². The highest BCUT2D eigenvalue weighted by molar-refractivity contribution is 5.86. The molecule has 12 heavy (non-hydrogen) atoms. The molecule has 2 heteroatoms. The van der Waals surface area contributed by atoms with E-state index < -0.39 is 5.54 Å². The molecule has 2 N–H and O–H groups in total. The number of ketones is 1. The molecule has 1 rings (SSSR count). The van der Waals surface area contributed by atoms with Crippen LogP contribution in [0.4, 0.5) is 0 Å². The summed E-state index contributed by atoms with van der Waals surface area (Å²) < 4.78 is 0. The number of nitrogens with two attached hydrogens (primary N) is 1. The Balaban J connectivity index is 3.06. The van der Waals surface area contributed by atoms with E-state index in [0.29, 0.717) is 0 Å². The molecule has 0 amide bonds. The first kappa shape index (κ1) is 8.94. The summed E-state index contributed by atoms with van der Waals surface area (Å²) >= 11 is 0. The van der Waals surface area contributed by atoms with Crippen molar-refractivity contribution in [1.29, 1.82) is 0 Å². The third-order valence-electron chi connectivity index (χ3n) is 2.10. The quantitative estimate of drug-likeness (QED) is 0.717. The van der Waals surface area contributed by atoms with Crippen LogP contribution in [0, 0.1) is 0 Å². The van der Waals surface area contributed by atoms with E-state index in [9.17, 15) is 4.79 Å². The third-order valence-corrected chi connectivity index (χ3v) is 2.10. The highest BCUT2D eigenvalue weighted by Gasteiger charge is 2.25. The highest BCUT2D eigenvalue weighted by Crippen LogP contribution is 2.17. The van der Waals surface area contributed by atoms with Crippen LogP contribution in [0.1, 0.15) is 19.4 Å². The lowest BCUT2D eigenvalue weighted by molar-refractivity contribution is -0.121. The maximum atomic E-state index is 11.1. The summed E-state index contributed by atoms with van der Waals surface area (Å²) in [5.41, 5.74) is 5.84. The Kier molecular flexibility index (Phi) is 2.29. The summed E-state index contributed by atoms with van der Waals surface area (Å²) in [6.45, 7) is 3.23. The summed E-state index contributed by atoms with van der Waals surface area (Å²) in [6, 6.07) is 9.38. The lowest BCUT2D eigenvalue weighted by Crippen LogP contribution is -2.40. The monoisotopic (exact) mass is 163 g/mol. The minimum atomic E-state index is -0.846. The lowest BCUT2D eigenvalue weighted by atomic mass is 9.90. The van der Waals surface area contributed by atoms with Crippen molar-refractivity contribution in [3.8, 4) is 0 Å². The van der Waals surface area contributed by atoms with Crippen LogP contribution in [-0.2, 0) is 10.3 Å². The summed E-state index contributed by atoms with van der Waals surface area (Å²) in [5.74, 6) is -0.0197. The Hall–Kier alpha value is -1.15. The molecule has 0 aliphatic heterocycles. The number of hydrogen-bond donors (Lipinski definition) is 1. The van der Waals surface area contributed by atoms with Gasteiger partial charge >= 0.3 is 0 Å². The average Bonchev–Trinajstić information content (AvgIpc) is 2.06. The van der Waals surface area contributed by atoms with Crippen LogP contribution in [-0.4, -0.2) is 5.78 Å². The zero-order chi connectivity index (χ0) is 9.19. The van der Waals surface area contributed by atoms with Gasteiger partial charge in [-0.25, -0.2) is 0 Å². The van der Waals surface area contributed by atoms with Gasteiger partial charge in [-0.3, -0.25) is 4.79 Å².